The second-order valence-electron chi connectivity index (χ2n) is 9.40. The molecule has 2 aliphatic rings. The number of carbonyl (C=O) groups is 2. The summed E-state index contributed by atoms with van der Waals surface area (Å²) >= 11 is 0. The van der Waals surface area contributed by atoms with Crippen LogP contribution in [0.2, 0.25) is 0 Å². The van der Waals surface area contributed by atoms with Crippen LogP contribution >= 0.6 is 0 Å². The minimum atomic E-state index is -4.43. The molecule has 1 aromatic heterocycles. The molecule has 36 heavy (non-hydrogen) atoms. The molecule has 1 saturated heterocycles. The Bertz CT molecular complexity index is 1120. The fourth-order valence-electron chi connectivity index (χ4n) is 4.88. The molecule has 7 nitrogen and oxygen atoms in total. The molecule has 2 aliphatic heterocycles. The number of hydrogen-bond donors (Lipinski definition) is 2. The molecule has 0 radical (unpaired) electrons. The number of piperazine rings is 1. The summed E-state index contributed by atoms with van der Waals surface area (Å²) in [5.41, 5.74) is 1.13. The van der Waals surface area contributed by atoms with E-state index in [1.165, 1.54) is 18.3 Å². The maximum absolute atomic E-state index is 13.4. The maximum atomic E-state index is 13.4. The Morgan fingerprint density at radius 1 is 1.19 bits per heavy atom. The van der Waals surface area contributed by atoms with Crippen molar-refractivity contribution < 1.29 is 22.8 Å². The number of aromatic nitrogens is 1. The lowest BCUT2D eigenvalue weighted by atomic mass is 10.0. The van der Waals surface area contributed by atoms with Crippen molar-refractivity contribution in [1.29, 1.82) is 0 Å². The van der Waals surface area contributed by atoms with Gasteiger partial charge in [-0.05, 0) is 30.5 Å². The van der Waals surface area contributed by atoms with Gasteiger partial charge in [0.25, 0.3) is 5.91 Å². The molecule has 2 aromatic rings. The molecule has 1 atom stereocenters. The minimum absolute atomic E-state index is 0.101. The molecule has 10 heteroatoms. The van der Waals surface area contributed by atoms with Crippen molar-refractivity contribution in [2.24, 2.45) is 0 Å². The Kier molecular flexibility index (Phi) is 7.82. The number of alkyl halides is 3. The number of rotatable bonds is 8. The Labute approximate surface area is 209 Å². The predicted molar refractivity (Wildman–Crippen MR) is 132 cm³/mol. The lowest BCUT2D eigenvalue weighted by Crippen LogP contribution is -2.60. The summed E-state index contributed by atoms with van der Waals surface area (Å²) in [5.74, 6) is 0.120. The van der Waals surface area contributed by atoms with Crippen LogP contribution in [0.25, 0.3) is 0 Å². The Morgan fingerprint density at radius 2 is 1.97 bits per heavy atom. The number of fused-ring (bicyclic) bond motifs is 3. The highest BCUT2D eigenvalue weighted by Crippen LogP contribution is 2.37. The van der Waals surface area contributed by atoms with E-state index >= 15 is 0 Å². The number of carbonyl (C=O) groups excluding carboxylic acids is 2. The van der Waals surface area contributed by atoms with Crippen molar-refractivity contribution in [3.05, 3.63) is 52.7 Å². The summed E-state index contributed by atoms with van der Waals surface area (Å²) in [6.07, 6.45) is 1.33. The Morgan fingerprint density at radius 3 is 2.72 bits per heavy atom. The zero-order valence-corrected chi connectivity index (χ0v) is 20.6. The molecule has 1 unspecified atom stereocenters. The van der Waals surface area contributed by atoms with E-state index in [2.05, 4.69) is 22.5 Å². The van der Waals surface area contributed by atoms with Gasteiger partial charge in [0.1, 0.15) is 6.04 Å². The summed E-state index contributed by atoms with van der Waals surface area (Å²) in [6.45, 7) is 5.81. The van der Waals surface area contributed by atoms with E-state index in [-0.39, 0.29) is 30.5 Å². The van der Waals surface area contributed by atoms with E-state index in [0.29, 0.717) is 42.3 Å². The number of nitrogens with zero attached hydrogens (tertiary/aromatic N) is 3. The molecule has 1 aromatic carbocycles. The van der Waals surface area contributed by atoms with Crippen molar-refractivity contribution in [1.82, 2.24) is 15.2 Å². The van der Waals surface area contributed by atoms with E-state index in [0.717, 1.165) is 31.7 Å². The summed E-state index contributed by atoms with van der Waals surface area (Å²) in [4.78, 5) is 34.0. The fourth-order valence-corrected chi connectivity index (χ4v) is 4.88. The van der Waals surface area contributed by atoms with Gasteiger partial charge in [-0.2, -0.15) is 13.2 Å². The zero-order valence-electron chi connectivity index (χ0n) is 20.6. The molecular formula is C26H32F3N5O2. The highest BCUT2D eigenvalue weighted by Gasteiger charge is 2.40. The number of amides is 2. The smallest absolute Gasteiger partial charge is 0.352 e. The summed E-state index contributed by atoms with van der Waals surface area (Å²) in [6, 6.07) is 4.96. The van der Waals surface area contributed by atoms with Gasteiger partial charge in [-0.3, -0.25) is 14.5 Å². The van der Waals surface area contributed by atoms with E-state index in [1.807, 2.05) is 9.80 Å². The second kappa shape index (κ2) is 10.9. The van der Waals surface area contributed by atoms with Crippen LogP contribution in [0.5, 0.6) is 0 Å². The van der Waals surface area contributed by atoms with Gasteiger partial charge >= 0.3 is 6.18 Å². The van der Waals surface area contributed by atoms with Crippen LogP contribution in [0.15, 0.2) is 30.5 Å². The maximum Gasteiger partial charge on any atom is 0.416 e. The molecule has 2 amide bonds. The topological polar surface area (TPSA) is 77.6 Å². The first-order chi connectivity index (χ1) is 17.2. The lowest BCUT2D eigenvalue weighted by Gasteiger charge is -2.44. The van der Waals surface area contributed by atoms with Crippen LogP contribution in [0.4, 0.5) is 24.7 Å². The first-order valence-corrected chi connectivity index (χ1v) is 12.4. The van der Waals surface area contributed by atoms with Crippen molar-refractivity contribution in [3.8, 4) is 0 Å². The lowest BCUT2D eigenvalue weighted by molar-refractivity contribution is -0.138. The molecule has 0 spiro atoms. The Hall–Kier alpha value is -3.14. The van der Waals surface area contributed by atoms with Gasteiger partial charge in [-0.1, -0.05) is 44.4 Å². The molecule has 4 rings (SSSR count). The van der Waals surface area contributed by atoms with Crippen molar-refractivity contribution in [2.45, 2.75) is 58.3 Å². The molecule has 2 N–H and O–H groups in total. The third-order valence-electron chi connectivity index (χ3n) is 6.88. The average molecular weight is 504 g/mol. The van der Waals surface area contributed by atoms with Gasteiger partial charge in [-0.25, -0.2) is 4.98 Å². The molecular weight excluding hydrogens is 471 g/mol. The number of benzene rings is 1. The quantitative estimate of drug-likeness (QED) is 0.524. The van der Waals surface area contributed by atoms with Crippen LogP contribution in [0.3, 0.4) is 0 Å². The molecule has 0 aliphatic carbocycles. The number of unbranched alkanes of at least 4 members (excludes halogenated alkanes) is 3. The molecule has 194 valence electrons. The van der Waals surface area contributed by atoms with E-state index in [4.69, 9.17) is 0 Å². The molecule has 0 saturated carbocycles. The molecule has 0 bridgehead atoms. The summed E-state index contributed by atoms with van der Waals surface area (Å²) in [7, 11) is 0. The van der Waals surface area contributed by atoms with Crippen LogP contribution in [-0.4, -0.2) is 53.9 Å². The normalized spacial score (nSPS) is 17.9. The van der Waals surface area contributed by atoms with E-state index in [1.54, 1.807) is 13.0 Å². The van der Waals surface area contributed by atoms with Gasteiger partial charge in [0.15, 0.2) is 5.82 Å². The molecule has 1 fully saturated rings. The highest BCUT2D eigenvalue weighted by atomic mass is 19.4. The standard InChI is InChI=1S/C26H32F3N5O2/c1-3-4-5-8-11-30-24(35)19-14-31-23-22(17(19)2)32-25(36)21-16-33(12-13-34(21)23)15-18-9-6-7-10-20(18)26(27,28)29/h6-7,9-10,14,21H,3-5,8,11-13,15-16H2,1-2H3,(H,30,35)(H,32,36). The van der Waals surface area contributed by atoms with Crippen molar-refractivity contribution >= 4 is 23.3 Å². The van der Waals surface area contributed by atoms with Crippen LogP contribution in [0, 0.1) is 6.92 Å². The van der Waals surface area contributed by atoms with Gasteiger partial charge in [0.2, 0.25) is 5.91 Å². The van der Waals surface area contributed by atoms with Crippen molar-refractivity contribution in [3.63, 3.8) is 0 Å². The van der Waals surface area contributed by atoms with Gasteiger partial charge < -0.3 is 15.5 Å². The number of anilines is 2. The van der Waals surface area contributed by atoms with Crippen LogP contribution in [-0.2, 0) is 17.5 Å². The average Bonchev–Trinajstić information content (AvgIpc) is 2.84. The monoisotopic (exact) mass is 503 g/mol. The minimum Gasteiger partial charge on any atom is -0.352 e. The first-order valence-electron chi connectivity index (χ1n) is 12.4. The van der Waals surface area contributed by atoms with Crippen LogP contribution < -0.4 is 15.5 Å². The largest absolute Gasteiger partial charge is 0.416 e. The van der Waals surface area contributed by atoms with Gasteiger partial charge in [0, 0.05) is 38.9 Å². The summed E-state index contributed by atoms with van der Waals surface area (Å²) < 4.78 is 40.2. The third-order valence-corrected chi connectivity index (χ3v) is 6.88. The number of halogens is 3. The van der Waals surface area contributed by atoms with E-state index < -0.39 is 17.8 Å². The van der Waals surface area contributed by atoms with Gasteiger partial charge in [0.05, 0.1) is 16.8 Å². The SMILES string of the molecule is CCCCCCNC(=O)c1cnc2c(c1C)NC(=O)C1CN(Cc3ccccc3C(F)(F)F)CCN21. The highest BCUT2D eigenvalue weighted by molar-refractivity contribution is 6.06. The molecule has 3 heterocycles. The van der Waals surface area contributed by atoms with Gasteiger partial charge in [-0.15, -0.1) is 0 Å². The number of nitrogens with one attached hydrogen (secondary N) is 2. The number of pyridine rings is 1. The predicted octanol–water partition coefficient (Wildman–Crippen LogP) is 4.36. The van der Waals surface area contributed by atoms with E-state index in [9.17, 15) is 22.8 Å². The third kappa shape index (κ3) is 5.48. The number of hydrogen-bond acceptors (Lipinski definition) is 5. The fraction of sp³-hybridized carbons (Fsp3) is 0.500. The van der Waals surface area contributed by atoms with Crippen molar-refractivity contribution in [2.75, 3.05) is 36.4 Å². The zero-order chi connectivity index (χ0) is 25.9. The van der Waals surface area contributed by atoms with Crippen LogP contribution in [0.1, 0.15) is 59.7 Å². The summed E-state index contributed by atoms with van der Waals surface area (Å²) in [5, 5.41) is 5.82. The first kappa shape index (κ1) is 25.9. The second-order valence-corrected chi connectivity index (χ2v) is 9.40. The Balaban J connectivity index is 1.46.